The van der Waals surface area contributed by atoms with Crippen molar-refractivity contribution in [3.63, 3.8) is 0 Å². The molecule has 1 heterocycles. The Balaban J connectivity index is 1.80. The first-order valence-electron chi connectivity index (χ1n) is 8.33. The van der Waals surface area contributed by atoms with Gasteiger partial charge in [-0.25, -0.2) is 0 Å². The summed E-state index contributed by atoms with van der Waals surface area (Å²) < 4.78 is 0. The number of aryl methyl sites for hydroxylation is 1. The first kappa shape index (κ1) is 17.3. The van der Waals surface area contributed by atoms with E-state index in [1.807, 2.05) is 7.05 Å². The molecular formula is C18H29N5. The predicted octanol–water partition coefficient (Wildman–Crippen LogP) is 2.14. The molecule has 0 saturated heterocycles. The quantitative estimate of drug-likeness (QED) is 0.542. The van der Waals surface area contributed by atoms with Crippen molar-refractivity contribution in [1.82, 2.24) is 20.5 Å². The van der Waals surface area contributed by atoms with Crippen molar-refractivity contribution in [3.8, 4) is 0 Å². The SMILES string of the molecule is CCN(C)CCNC(=NC)NCCc1c[nH]c2cc(C)ccc12. The molecule has 1 aromatic carbocycles. The van der Waals surface area contributed by atoms with Gasteiger partial charge in [-0.15, -0.1) is 0 Å². The Bertz CT molecular complexity index is 644. The van der Waals surface area contributed by atoms with Gasteiger partial charge in [0.15, 0.2) is 5.96 Å². The standard InChI is InChI=1S/C18H29N5/c1-5-23(4)11-10-21-18(19-3)20-9-8-15-13-22-17-12-14(2)6-7-16(15)17/h6-7,12-13,22H,5,8-11H2,1-4H3,(H2,19,20,21). The van der Waals surface area contributed by atoms with Gasteiger partial charge < -0.3 is 20.5 Å². The van der Waals surface area contributed by atoms with E-state index in [-0.39, 0.29) is 0 Å². The van der Waals surface area contributed by atoms with Crippen LogP contribution in [0.5, 0.6) is 0 Å². The number of nitrogens with one attached hydrogen (secondary N) is 3. The highest BCUT2D eigenvalue weighted by molar-refractivity contribution is 5.84. The zero-order valence-electron chi connectivity index (χ0n) is 14.7. The summed E-state index contributed by atoms with van der Waals surface area (Å²) >= 11 is 0. The average molecular weight is 315 g/mol. The number of rotatable bonds is 7. The van der Waals surface area contributed by atoms with E-state index in [1.54, 1.807) is 0 Å². The fourth-order valence-electron chi connectivity index (χ4n) is 2.57. The number of benzene rings is 1. The second-order valence-corrected chi connectivity index (χ2v) is 5.93. The molecule has 0 radical (unpaired) electrons. The molecule has 0 amide bonds. The number of guanidine groups is 1. The van der Waals surface area contributed by atoms with Gasteiger partial charge in [-0.2, -0.15) is 0 Å². The van der Waals surface area contributed by atoms with Crippen LogP contribution in [0.4, 0.5) is 0 Å². The van der Waals surface area contributed by atoms with E-state index in [1.165, 1.54) is 22.0 Å². The fourth-order valence-corrected chi connectivity index (χ4v) is 2.57. The number of hydrogen-bond acceptors (Lipinski definition) is 2. The number of hydrogen-bond donors (Lipinski definition) is 3. The molecule has 23 heavy (non-hydrogen) atoms. The van der Waals surface area contributed by atoms with Gasteiger partial charge in [-0.1, -0.05) is 19.1 Å². The van der Waals surface area contributed by atoms with Crippen molar-refractivity contribution in [2.45, 2.75) is 20.3 Å². The maximum atomic E-state index is 4.27. The molecule has 0 aliphatic carbocycles. The van der Waals surface area contributed by atoms with Crippen LogP contribution < -0.4 is 10.6 Å². The van der Waals surface area contributed by atoms with Gasteiger partial charge in [0, 0.05) is 43.8 Å². The normalized spacial score (nSPS) is 12.1. The summed E-state index contributed by atoms with van der Waals surface area (Å²) in [4.78, 5) is 9.90. The molecule has 0 atom stereocenters. The van der Waals surface area contributed by atoms with Gasteiger partial charge in [-0.3, -0.25) is 4.99 Å². The van der Waals surface area contributed by atoms with Gasteiger partial charge in [0.25, 0.3) is 0 Å². The molecule has 5 heteroatoms. The van der Waals surface area contributed by atoms with E-state index in [0.717, 1.165) is 38.6 Å². The summed E-state index contributed by atoms with van der Waals surface area (Å²) in [5.74, 6) is 0.866. The highest BCUT2D eigenvalue weighted by Gasteiger charge is 2.04. The van der Waals surface area contributed by atoms with Gasteiger partial charge >= 0.3 is 0 Å². The predicted molar refractivity (Wildman–Crippen MR) is 99.3 cm³/mol. The molecule has 126 valence electrons. The monoisotopic (exact) mass is 315 g/mol. The highest BCUT2D eigenvalue weighted by atomic mass is 15.2. The number of aromatic amines is 1. The van der Waals surface area contributed by atoms with E-state index in [0.29, 0.717) is 0 Å². The lowest BCUT2D eigenvalue weighted by Crippen LogP contribution is -2.41. The van der Waals surface area contributed by atoms with Gasteiger partial charge in [0.05, 0.1) is 0 Å². The minimum absolute atomic E-state index is 0.865. The summed E-state index contributed by atoms with van der Waals surface area (Å²) in [6.45, 7) is 8.12. The van der Waals surface area contributed by atoms with Crippen LogP contribution in [-0.2, 0) is 6.42 Å². The number of H-pyrrole nitrogens is 1. The zero-order valence-corrected chi connectivity index (χ0v) is 14.7. The Kier molecular flexibility index (Phi) is 6.47. The molecule has 0 spiro atoms. The van der Waals surface area contributed by atoms with E-state index in [2.05, 4.69) is 70.8 Å². The maximum Gasteiger partial charge on any atom is 0.191 e. The Labute approximate surface area is 139 Å². The van der Waals surface area contributed by atoms with Crippen LogP contribution in [0.1, 0.15) is 18.1 Å². The molecule has 2 aromatic rings. The fraction of sp³-hybridized carbons (Fsp3) is 0.500. The molecule has 2 rings (SSSR count). The molecule has 5 nitrogen and oxygen atoms in total. The maximum absolute atomic E-state index is 4.27. The lowest BCUT2D eigenvalue weighted by molar-refractivity contribution is 0.357. The minimum atomic E-state index is 0.865. The first-order valence-corrected chi connectivity index (χ1v) is 8.33. The van der Waals surface area contributed by atoms with Crippen LogP contribution in [0.2, 0.25) is 0 Å². The average Bonchev–Trinajstić information content (AvgIpc) is 2.95. The topological polar surface area (TPSA) is 55.4 Å². The number of fused-ring (bicyclic) bond motifs is 1. The van der Waals surface area contributed by atoms with E-state index in [9.17, 15) is 0 Å². The lowest BCUT2D eigenvalue weighted by Gasteiger charge is -2.16. The summed E-state index contributed by atoms with van der Waals surface area (Å²) in [6, 6.07) is 6.55. The second-order valence-electron chi connectivity index (χ2n) is 5.93. The molecule has 0 bridgehead atoms. The minimum Gasteiger partial charge on any atom is -0.361 e. The van der Waals surface area contributed by atoms with Crippen molar-refractivity contribution < 1.29 is 0 Å². The third-order valence-corrected chi connectivity index (χ3v) is 4.16. The summed E-state index contributed by atoms with van der Waals surface area (Å²) in [7, 11) is 3.93. The van der Waals surface area contributed by atoms with E-state index in [4.69, 9.17) is 0 Å². The zero-order chi connectivity index (χ0) is 16.7. The van der Waals surface area contributed by atoms with E-state index >= 15 is 0 Å². The second kappa shape index (κ2) is 8.58. The lowest BCUT2D eigenvalue weighted by atomic mass is 10.1. The van der Waals surface area contributed by atoms with Gasteiger partial charge in [0.1, 0.15) is 0 Å². The van der Waals surface area contributed by atoms with Crippen molar-refractivity contribution in [1.29, 1.82) is 0 Å². The number of aliphatic imine (C=N–C) groups is 1. The Morgan fingerprint density at radius 2 is 2.04 bits per heavy atom. The smallest absolute Gasteiger partial charge is 0.191 e. The number of aromatic nitrogens is 1. The van der Waals surface area contributed by atoms with Gasteiger partial charge in [-0.05, 0) is 44.1 Å². The Morgan fingerprint density at radius 3 is 2.78 bits per heavy atom. The first-order chi connectivity index (χ1) is 11.1. The molecular weight excluding hydrogens is 286 g/mol. The third-order valence-electron chi connectivity index (χ3n) is 4.16. The summed E-state index contributed by atoms with van der Waals surface area (Å²) in [5, 5.41) is 8.04. The number of nitrogens with zero attached hydrogens (tertiary/aromatic N) is 2. The van der Waals surface area contributed by atoms with Crippen LogP contribution in [0.3, 0.4) is 0 Å². The molecule has 0 fully saturated rings. The number of likely N-dealkylation sites (N-methyl/N-ethyl adjacent to an activating group) is 1. The van der Waals surface area contributed by atoms with Crippen molar-refractivity contribution >= 4 is 16.9 Å². The summed E-state index contributed by atoms with van der Waals surface area (Å²) in [6.07, 6.45) is 3.08. The van der Waals surface area contributed by atoms with Crippen LogP contribution >= 0.6 is 0 Å². The Morgan fingerprint density at radius 1 is 1.26 bits per heavy atom. The molecule has 0 saturated carbocycles. The molecule has 3 N–H and O–H groups in total. The molecule has 0 aliphatic heterocycles. The summed E-state index contributed by atoms with van der Waals surface area (Å²) in [5.41, 5.74) is 3.84. The van der Waals surface area contributed by atoms with Crippen LogP contribution in [-0.4, -0.2) is 56.1 Å². The molecule has 1 aromatic heterocycles. The highest BCUT2D eigenvalue weighted by Crippen LogP contribution is 2.19. The van der Waals surface area contributed by atoms with Gasteiger partial charge in [0.2, 0.25) is 0 Å². The van der Waals surface area contributed by atoms with Crippen LogP contribution in [0, 0.1) is 6.92 Å². The van der Waals surface area contributed by atoms with Crippen molar-refractivity contribution in [3.05, 3.63) is 35.5 Å². The van der Waals surface area contributed by atoms with Crippen LogP contribution in [0.25, 0.3) is 10.9 Å². The largest absolute Gasteiger partial charge is 0.361 e. The van der Waals surface area contributed by atoms with Crippen LogP contribution in [0.15, 0.2) is 29.4 Å². The Hall–Kier alpha value is -2.01. The third kappa shape index (κ3) is 4.99. The van der Waals surface area contributed by atoms with E-state index < -0.39 is 0 Å². The molecule has 0 aliphatic rings. The molecule has 0 unspecified atom stereocenters. The van der Waals surface area contributed by atoms with Crippen molar-refractivity contribution in [2.24, 2.45) is 4.99 Å². The van der Waals surface area contributed by atoms with Crippen molar-refractivity contribution in [2.75, 3.05) is 40.3 Å².